The summed E-state index contributed by atoms with van der Waals surface area (Å²) in [5, 5.41) is 28.1. The van der Waals surface area contributed by atoms with Gasteiger partial charge in [0.15, 0.2) is 23.0 Å². The van der Waals surface area contributed by atoms with Crippen molar-refractivity contribution in [3.63, 3.8) is 0 Å². The number of nitrogens with zero attached hydrogens (tertiary/aromatic N) is 2. The van der Waals surface area contributed by atoms with Crippen LogP contribution in [0.5, 0.6) is 23.0 Å². The van der Waals surface area contributed by atoms with Crippen LogP contribution in [0.4, 0.5) is 0 Å². The van der Waals surface area contributed by atoms with Gasteiger partial charge in [-0.05, 0) is 37.1 Å². The van der Waals surface area contributed by atoms with Gasteiger partial charge in [-0.3, -0.25) is 14.8 Å². The molecule has 0 aliphatic carbocycles. The first-order valence-electron chi connectivity index (χ1n) is 11.1. The third-order valence-corrected chi connectivity index (χ3v) is 4.68. The number of phenolic OH excluding ortho intramolecular Hbond substituents is 2. The molecule has 9 heteroatoms. The van der Waals surface area contributed by atoms with Crippen molar-refractivity contribution in [2.45, 2.75) is 39.0 Å². The summed E-state index contributed by atoms with van der Waals surface area (Å²) in [6, 6.07) is 10.8. The van der Waals surface area contributed by atoms with E-state index in [0.29, 0.717) is 48.9 Å². The molecule has 0 amide bonds. The molecule has 0 saturated carbocycles. The Hall–Kier alpha value is -3.03. The molecule has 0 unspecified atom stereocenters. The standard InChI is InChI=1S/C23H28N2O4.C2H4O2.Mn/c26-22-18-8-6-10-20(22)28-14-4-2-1-3-5-15-29-21-11-7-9-19(23(21)27)17-25-13-12-24-16-18;1-2(3)4;/h6-11,16-17,26-27H,1-5,12-15H2;1H3,(H,3,4);. The number of carboxylic acid groups (broad SMARTS) is 1. The molecule has 0 aromatic heterocycles. The third kappa shape index (κ3) is 10.7. The van der Waals surface area contributed by atoms with Gasteiger partial charge in [-0.2, -0.15) is 0 Å². The summed E-state index contributed by atoms with van der Waals surface area (Å²) in [5.74, 6) is 0.371. The smallest absolute Gasteiger partial charge is 0.300 e. The average Bonchev–Trinajstić information content (AvgIpc) is 2.77. The second kappa shape index (κ2) is 16.6. The number of rotatable bonds is 0. The van der Waals surface area contributed by atoms with E-state index in [1.807, 2.05) is 12.1 Å². The summed E-state index contributed by atoms with van der Waals surface area (Å²) < 4.78 is 11.5. The number of fused-ring (bicyclic) bond motifs is 4. The molecular formula is C25H32MnN2O6. The summed E-state index contributed by atoms with van der Waals surface area (Å²) in [5.41, 5.74) is 1.25. The molecule has 34 heavy (non-hydrogen) atoms. The van der Waals surface area contributed by atoms with E-state index < -0.39 is 5.97 Å². The quantitative estimate of drug-likeness (QED) is 0.450. The SMILES string of the molecule is CC(=O)O.Oc1c2cccc1OCCCCCCCOc1cccc(c1O)C=NCCN=C2.[Mn]. The van der Waals surface area contributed by atoms with E-state index in [2.05, 4.69) is 9.98 Å². The number of ether oxygens (including phenoxy) is 2. The third-order valence-electron chi connectivity index (χ3n) is 4.68. The topological polar surface area (TPSA) is 121 Å². The number of para-hydroxylation sites is 2. The fraction of sp³-hybridized carbons (Fsp3) is 0.400. The molecule has 2 aromatic carbocycles. The summed E-state index contributed by atoms with van der Waals surface area (Å²) in [7, 11) is 0. The first kappa shape index (κ1) is 29.0. The van der Waals surface area contributed by atoms with Gasteiger partial charge >= 0.3 is 0 Å². The van der Waals surface area contributed by atoms with Crippen LogP contribution in [0.3, 0.4) is 0 Å². The Morgan fingerprint density at radius 1 is 0.765 bits per heavy atom. The molecule has 1 aliphatic rings. The number of phenols is 2. The van der Waals surface area contributed by atoms with Gasteiger partial charge in [-0.1, -0.05) is 31.4 Å². The molecule has 8 nitrogen and oxygen atoms in total. The predicted octanol–water partition coefficient (Wildman–Crippen LogP) is 4.45. The molecule has 2 aromatic rings. The van der Waals surface area contributed by atoms with Gasteiger partial charge in [0, 0.05) is 47.5 Å². The van der Waals surface area contributed by atoms with E-state index in [1.54, 1.807) is 36.7 Å². The van der Waals surface area contributed by atoms with Crippen LogP contribution in [0.25, 0.3) is 0 Å². The molecule has 3 N–H and O–H groups in total. The molecule has 4 bridgehead atoms. The Labute approximate surface area is 210 Å². The number of aromatic hydroxyl groups is 2. The normalized spacial score (nSPS) is 14.6. The van der Waals surface area contributed by atoms with Gasteiger partial charge in [-0.15, -0.1) is 0 Å². The minimum absolute atomic E-state index is 0. The van der Waals surface area contributed by atoms with Crippen molar-refractivity contribution >= 4 is 18.4 Å². The fourth-order valence-corrected chi connectivity index (χ4v) is 3.06. The Morgan fingerprint density at radius 2 is 1.15 bits per heavy atom. The second-order valence-corrected chi connectivity index (χ2v) is 7.44. The number of hydrogen-bond donors (Lipinski definition) is 3. The van der Waals surface area contributed by atoms with Crippen LogP contribution < -0.4 is 9.47 Å². The van der Waals surface area contributed by atoms with E-state index in [-0.39, 0.29) is 28.6 Å². The monoisotopic (exact) mass is 511 g/mol. The Kier molecular flexibility index (Phi) is 14.1. The summed E-state index contributed by atoms with van der Waals surface area (Å²) in [6.07, 6.45) is 8.32. The minimum atomic E-state index is -0.833. The molecule has 3 rings (SSSR count). The van der Waals surface area contributed by atoms with Crippen LogP contribution in [0.2, 0.25) is 0 Å². The van der Waals surface area contributed by atoms with Gasteiger partial charge in [-0.25, -0.2) is 0 Å². The van der Waals surface area contributed by atoms with Crippen molar-refractivity contribution in [1.29, 1.82) is 0 Å². The molecule has 0 spiro atoms. The molecule has 1 radical (unpaired) electrons. The first-order chi connectivity index (χ1) is 16.0. The van der Waals surface area contributed by atoms with Crippen LogP contribution in [0.1, 0.15) is 50.2 Å². The maximum atomic E-state index is 10.4. The minimum Gasteiger partial charge on any atom is -0.504 e. The Bertz CT molecular complexity index is 875. The molecule has 0 atom stereocenters. The maximum absolute atomic E-state index is 10.4. The summed E-state index contributed by atoms with van der Waals surface area (Å²) >= 11 is 0. The molecule has 0 saturated heterocycles. The van der Waals surface area contributed by atoms with Crippen molar-refractivity contribution in [3.8, 4) is 23.0 Å². The van der Waals surface area contributed by atoms with Crippen molar-refractivity contribution < 1.29 is 46.7 Å². The van der Waals surface area contributed by atoms with Gasteiger partial charge in [0.1, 0.15) is 0 Å². The van der Waals surface area contributed by atoms with Crippen molar-refractivity contribution in [2.75, 3.05) is 26.3 Å². The van der Waals surface area contributed by atoms with Crippen molar-refractivity contribution in [1.82, 2.24) is 0 Å². The van der Waals surface area contributed by atoms with Crippen LogP contribution in [0, 0.1) is 0 Å². The van der Waals surface area contributed by atoms with Gasteiger partial charge in [0.05, 0.1) is 26.3 Å². The molecule has 1 aliphatic heterocycles. The second-order valence-electron chi connectivity index (χ2n) is 7.44. The van der Waals surface area contributed by atoms with Gasteiger partial charge < -0.3 is 24.8 Å². The Balaban J connectivity index is 0.00000107. The van der Waals surface area contributed by atoms with Crippen LogP contribution in [-0.2, 0) is 21.9 Å². The molecule has 0 fully saturated rings. The fourth-order valence-electron chi connectivity index (χ4n) is 3.06. The number of aliphatic carboxylic acids is 1. The van der Waals surface area contributed by atoms with E-state index in [4.69, 9.17) is 19.4 Å². The zero-order chi connectivity index (χ0) is 23.9. The molecule has 185 valence electrons. The zero-order valence-electron chi connectivity index (χ0n) is 19.3. The van der Waals surface area contributed by atoms with E-state index >= 15 is 0 Å². The first-order valence-corrected chi connectivity index (χ1v) is 11.1. The number of benzene rings is 2. The maximum Gasteiger partial charge on any atom is 0.300 e. The largest absolute Gasteiger partial charge is 0.504 e. The molecular weight excluding hydrogens is 479 g/mol. The van der Waals surface area contributed by atoms with E-state index in [1.165, 1.54) is 0 Å². The average molecular weight is 511 g/mol. The van der Waals surface area contributed by atoms with E-state index in [0.717, 1.165) is 39.0 Å². The van der Waals surface area contributed by atoms with Gasteiger partial charge in [0.25, 0.3) is 5.97 Å². The van der Waals surface area contributed by atoms with E-state index in [9.17, 15) is 10.2 Å². The van der Waals surface area contributed by atoms with Crippen molar-refractivity contribution in [2.24, 2.45) is 9.98 Å². The summed E-state index contributed by atoms with van der Waals surface area (Å²) in [6.45, 7) is 3.16. The number of aliphatic imine (C=N–C) groups is 2. The zero-order valence-corrected chi connectivity index (χ0v) is 20.5. The number of carboxylic acids is 1. The van der Waals surface area contributed by atoms with Crippen LogP contribution in [-0.4, -0.2) is 60.0 Å². The van der Waals surface area contributed by atoms with Crippen molar-refractivity contribution in [3.05, 3.63) is 47.5 Å². The van der Waals surface area contributed by atoms with Crippen LogP contribution in [0.15, 0.2) is 46.4 Å². The number of hydrogen-bond acceptors (Lipinski definition) is 7. The molecule has 1 heterocycles. The Morgan fingerprint density at radius 3 is 1.56 bits per heavy atom. The van der Waals surface area contributed by atoms with Crippen LogP contribution >= 0.6 is 0 Å². The summed E-state index contributed by atoms with van der Waals surface area (Å²) in [4.78, 5) is 17.6. The van der Waals surface area contributed by atoms with Gasteiger partial charge in [0.2, 0.25) is 0 Å². The predicted molar refractivity (Wildman–Crippen MR) is 129 cm³/mol. The number of carbonyl (C=O) groups is 1.